The van der Waals surface area contributed by atoms with Crippen LogP contribution in [0.4, 0.5) is 9.18 Å². The maximum atomic E-state index is 13.0. The van der Waals surface area contributed by atoms with Crippen LogP contribution in [0.3, 0.4) is 0 Å². The molecule has 2 N–H and O–H groups in total. The first-order valence-electron chi connectivity index (χ1n) is 6.75. The van der Waals surface area contributed by atoms with Gasteiger partial charge in [0.1, 0.15) is 17.0 Å². The third kappa shape index (κ3) is 3.92. The number of nitrogens with one attached hydrogen (secondary N) is 1. The van der Waals surface area contributed by atoms with Gasteiger partial charge in [-0.25, -0.2) is 9.18 Å². The number of carbonyl (C=O) groups is 1. The molecule has 1 aromatic carbocycles. The van der Waals surface area contributed by atoms with Crippen molar-refractivity contribution in [2.24, 2.45) is 0 Å². The van der Waals surface area contributed by atoms with Crippen LogP contribution >= 0.6 is 0 Å². The predicted octanol–water partition coefficient (Wildman–Crippen LogP) is 2.15. The van der Waals surface area contributed by atoms with Crippen LogP contribution in [0.25, 0.3) is 0 Å². The van der Waals surface area contributed by atoms with E-state index in [1.165, 1.54) is 24.3 Å². The van der Waals surface area contributed by atoms with Crippen LogP contribution in [-0.4, -0.2) is 35.6 Å². The van der Waals surface area contributed by atoms with Crippen LogP contribution < -0.4 is 5.32 Å². The first kappa shape index (κ1) is 15.7. The Hall–Kier alpha value is -1.66. The number of benzene rings is 1. The molecular weight excluding hydrogens is 277 g/mol. The van der Waals surface area contributed by atoms with Crippen molar-refractivity contribution in [3.63, 3.8) is 0 Å². The number of hydrogen-bond acceptors (Lipinski definition) is 4. The number of rotatable bonds is 3. The van der Waals surface area contributed by atoms with Gasteiger partial charge in [-0.05, 0) is 38.5 Å². The summed E-state index contributed by atoms with van der Waals surface area (Å²) >= 11 is 0. The number of halogens is 1. The Morgan fingerprint density at radius 3 is 2.38 bits per heavy atom. The van der Waals surface area contributed by atoms with Gasteiger partial charge in [-0.2, -0.15) is 0 Å². The molecule has 1 saturated heterocycles. The molecule has 116 valence electrons. The second-order valence-corrected chi connectivity index (χ2v) is 6.23. The third-order valence-electron chi connectivity index (χ3n) is 3.11. The van der Waals surface area contributed by atoms with Gasteiger partial charge in [0.15, 0.2) is 0 Å². The molecule has 0 spiro atoms. The molecule has 1 aliphatic heterocycles. The molecule has 1 heterocycles. The molecule has 2 rings (SSSR count). The van der Waals surface area contributed by atoms with E-state index in [1.54, 1.807) is 20.8 Å². The lowest BCUT2D eigenvalue weighted by Gasteiger charge is -2.43. The second-order valence-electron chi connectivity index (χ2n) is 6.23. The Morgan fingerprint density at radius 2 is 1.95 bits per heavy atom. The van der Waals surface area contributed by atoms with Gasteiger partial charge in [0.05, 0.1) is 19.3 Å². The van der Waals surface area contributed by atoms with Crippen molar-refractivity contribution >= 4 is 6.09 Å². The lowest BCUT2D eigenvalue weighted by atomic mass is 9.87. The van der Waals surface area contributed by atoms with Gasteiger partial charge >= 0.3 is 6.09 Å². The lowest BCUT2D eigenvalue weighted by Crippen LogP contribution is -2.59. The molecule has 0 saturated carbocycles. The highest BCUT2D eigenvalue weighted by atomic mass is 19.1. The summed E-state index contributed by atoms with van der Waals surface area (Å²) in [5.74, 6) is -0.383. The highest BCUT2D eigenvalue weighted by Gasteiger charge is 2.46. The van der Waals surface area contributed by atoms with Gasteiger partial charge < -0.3 is 19.9 Å². The zero-order valence-corrected chi connectivity index (χ0v) is 12.4. The minimum Gasteiger partial charge on any atom is -0.444 e. The van der Waals surface area contributed by atoms with Gasteiger partial charge in [0, 0.05) is 0 Å². The summed E-state index contributed by atoms with van der Waals surface area (Å²) in [6, 6.07) is 4.88. The molecule has 1 amide bonds. The summed E-state index contributed by atoms with van der Waals surface area (Å²) in [7, 11) is 0. The van der Waals surface area contributed by atoms with Crippen molar-refractivity contribution in [2.45, 2.75) is 38.0 Å². The van der Waals surface area contributed by atoms with Crippen LogP contribution in [0.15, 0.2) is 24.3 Å². The molecule has 5 nitrogen and oxygen atoms in total. The summed E-state index contributed by atoms with van der Waals surface area (Å²) in [5.41, 5.74) is -1.27. The van der Waals surface area contributed by atoms with Crippen molar-refractivity contribution in [2.75, 3.05) is 13.2 Å². The first-order valence-corrected chi connectivity index (χ1v) is 6.75. The standard InChI is InChI=1S/C15H20FNO4/c1-14(2,3)21-13(18)17-12(15(19)8-20-9-15)10-4-6-11(16)7-5-10/h4-7,12,19H,8-9H2,1-3H3,(H,17,18). The van der Waals surface area contributed by atoms with Crippen LogP contribution in [-0.2, 0) is 9.47 Å². The van der Waals surface area contributed by atoms with E-state index >= 15 is 0 Å². The molecule has 0 aliphatic carbocycles. The average Bonchev–Trinajstić information content (AvgIpc) is 2.32. The normalized spacial score (nSPS) is 18.5. The van der Waals surface area contributed by atoms with E-state index in [-0.39, 0.29) is 19.0 Å². The van der Waals surface area contributed by atoms with E-state index in [0.29, 0.717) is 5.56 Å². The van der Waals surface area contributed by atoms with E-state index in [0.717, 1.165) is 0 Å². The van der Waals surface area contributed by atoms with E-state index in [1.807, 2.05) is 0 Å². The summed E-state index contributed by atoms with van der Waals surface area (Å²) in [5, 5.41) is 13.1. The van der Waals surface area contributed by atoms with E-state index < -0.39 is 23.3 Å². The van der Waals surface area contributed by atoms with Crippen molar-refractivity contribution in [3.8, 4) is 0 Å². The second kappa shape index (κ2) is 5.61. The molecule has 1 aromatic rings. The SMILES string of the molecule is CC(C)(C)OC(=O)NC(c1ccc(F)cc1)C1(O)COC1. The third-order valence-corrected chi connectivity index (χ3v) is 3.11. The molecule has 1 unspecified atom stereocenters. The zero-order chi connectivity index (χ0) is 15.7. The molecular formula is C15H20FNO4. The number of aliphatic hydroxyl groups is 1. The Labute approximate surface area is 123 Å². The monoisotopic (exact) mass is 297 g/mol. The molecule has 21 heavy (non-hydrogen) atoms. The van der Waals surface area contributed by atoms with Crippen molar-refractivity contribution < 1.29 is 23.8 Å². The van der Waals surface area contributed by atoms with Gasteiger partial charge in [-0.1, -0.05) is 12.1 Å². The minimum atomic E-state index is -1.21. The molecule has 0 aromatic heterocycles. The lowest BCUT2D eigenvalue weighted by molar-refractivity contribution is -0.195. The summed E-state index contributed by atoms with van der Waals surface area (Å²) in [6.07, 6.45) is -0.642. The van der Waals surface area contributed by atoms with Crippen LogP contribution in [0.2, 0.25) is 0 Å². The fourth-order valence-corrected chi connectivity index (χ4v) is 2.09. The van der Waals surface area contributed by atoms with Gasteiger partial charge in [0.2, 0.25) is 0 Å². The molecule has 0 bridgehead atoms. The molecule has 1 atom stereocenters. The highest BCUT2D eigenvalue weighted by Crippen LogP contribution is 2.32. The van der Waals surface area contributed by atoms with Crippen molar-refractivity contribution in [1.82, 2.24) is 5.32 Å². The maximum absolute atomic E-state index is 13.0. The van der Waals surface area contributed by atoms with Gasteiger partial charge in [-0.15, -0.1) is 0 Å². The Morgan fingerprint density at radius 1 is 1.38 bits per heavy atom. The minimum absolute atomic E-state index is 0.102. The molecule has 0 radical (unpaired) electrons. The molecule has 6 heteroatoms. The Bertz CT molecular complexity index is 505. The Kier molecular flexibility index (Phi) is 4.20. The zero-order valence-electron chi connectivity index (χ0n) is 12.4. The highest BCUT2D eigenvalue weighted by molar-refractivity contribution is 5.68. The maximum Gasteiger partial charge on any atom is 0.408 e. The number of hydrogen-bond donors (Lipinski definition) is 2. The summed E-state index contributed by atoms with van der Waals surface area (Å²) in [6.45, 7) is 5.46. The van der Waals surface area contributed by atoms with Crippen molar-refractivity contribution in [1.29, 1.82) is 0 Å². The first-order chi connectivity index (χ1) is 9.70. The van der Waals surface area contributed by atoms with E-state index in [9.17, 15) is 14.3 Å². The predicted molar refractivity (Wildman–Crippen MR) is 74.3 cm³/mol. The fraction of sp³-hybridized carbons (Fsp3) is 0.533. The van der Waals surface area contributed by atoms with Gasteiger partial charge in [-0.3, -0.25) is 0 Å². The van der Waals surface area contributed by atoms with Gasteiger partial charge in [0.25, 0.3) is 0 Å². The number of alkyl carbamates (subject to hydrolysis) is 1. The quantitative estimate of drug-likeness (QED) is 0.897. The molecule has 1 aliphatic rings. The average molecular weight is 297 g/mol. The van der Waals surface area contributed by atoms with Crippen LogP contribution in [0.5, 0.6) is 0 Å². The summed E-state index contributed by atoms with van der Waals surface area (Å²) < 4.78 is 23.3. The van der Waals surface area contributed by atoms with E-state index in [2.05, 4.69) is 5.32 Å². The topological polar surface area (TPSA) is 67.8 Å². The van der Waals surface area contributed by atoms with Crippen LogP contribution in [0.1, 0.15) is 32.4 Å². The molecule has 1 fully saturated rings. The van der Waals surface area contributed by atoms with E-state index in [4.69, 9.17) is 9.47 Å². The summed E-state index contributed by atoms with van der Waals surface area (Å²) in [4.78, 5) is 11.9. The number of ether oxygens (including phenoxy) is 2. The smallest absolute Gasteiger partial charge is 0.408 e. The fourth-order valence-electron chi connectivity index (χ4n) is 2.09. The van der Waals surface area contributed by atoms with Crippen LogP contribution in [0, 0.1) is 5.82 Å². The van der Waals surface area contributed by atoms with Crippen molar-refractivity contribution in [3.05, 3.63) is 35.6 Å². The number of amides is 1. The largest absolute Gasteiger partial charge is 0.444 e. The Balaban J connectivity index is 2.17. The number of carbonyl (C=O) groups excluding carboxylic acids is 1.